The van der Waals surface area contributed by atoms with Gasteiger partial charge in [0.1, 0.15) is 17.1 Å². The summed E-state index contributed by atoms with van der Waals surface area (Å²) in [4.78, 5) is 17.3. The Bertz CT molecular complexity index is 1330. The third-order valence-electron chi connectivity index (χ3n) is 6.01. The van der Waals surface area contributed by atoms with Crippen molar-refractivity contribution in [3.05, 3.63) is 58.9 Å². The van der Waals surface area contributed by atoms with Crippen LogP contribution in [0.2, 0.25) is 0 Å². The Balaban J connectivity index is 1.52. The second-order valence-corrected chi connectivity index (χ2v) is 9.23. The number of fused-ring (bicyclic) bond motifs is 4. The number of benzene rings is 2. The van der Waals surface area contributed by atoms with Crippen molar-refractivity contribution in [2.24, 2.45) is 0 Å². The van der Waals surface area contributed by atoms with Crippen LogP contribution in [0, 0.1) is 6.92 Å². The van der Waals surface area contributed by atoms with E-state index in [9.17, 15) is 4.79 Å². The van der Waals surface area contributed by atoms with E-state index in [0.717, 1.165) is 62.2 Å². The number of carbonyl (C=O) groups is 1. The Hall–Kier alpha value is -3.12. The summed E-state index contributed by atoms with van der Waals surface area (Å²) in [5.41, 5.74) is 5.89. The van der Waals surface area contributed by atoms with Gasteiger partial charge in [-0.2, -0.15) is 0 Å². The van der Waals surface area contributed by atoms with E-state index in [1.165, 1.54) is 29.7 Å². The van der Waals surface area contributed by atoms with Gasteiger partial charge in [-0.25, -0.2) is 4.98 Å². The lowest BCUT2D eigenvalue weighted by atomic mass is 9.93. The van der Waals surface area contributed by atoms with Crippen molar-refractivity contribution in [1.29, 1.82) is 0 Å². The Labute approximate surface area is 191 Å². The molecule has 2 heterocycles. The number of amides is 1. The number of hydrogen-bond donors (Lipinski definition) is 1. The molecule has 6 heteroatoms. The minimum absolute atomic E-state index is 0.198. The van der Waals surface area contributed by atoms with Crippen LogP contribution in [0.25, 0.3) is 26.8 Å². The molecule has 0 atom stereocenters. The topological polar surface area (TPSA) is 64.4 Å². The van der Waals surface area contributed by atoms with Gasteiger partial charge in [0.15, 0.2) is 5.13 Å². The number of carbonyl (C=O) groups excluding carboxylic acids is 1. The van der Waals surface area contributed by atoms with Crippen molar-refractivity contribution < 1.29 is 13.9 Å². The van der Waals surface area contributed by atoms with Gasteiger partial charge in [-0.05, 0) is 63.8 Å². The number of thiazole rings is 1. The van der Waals surface area contributed by atoms with Gasteiger partial charge in [0.05, 0.1) is 16.8 Å². The molecule has 5 nitrogen and oxygen atoms in total. The average Bonchev–Trinajstić information content (AvgIpc) is 3.36. The highest BCUT2D eigenvalue weighted by Gasteiger charge is 2.23. The third kappa shape index (κ3) is 3.69. The first-order valence-corrected chi connectivity index (χ1v) is 11.9. The maximum Gasteiger partial charge on any atom is 0.250 e. The van der Waals surface area contributed by atoms with Crippen LogP contribution >= 0.6 is 11.3 Å². The maximum absolute atomic E-state index is 12.8. The molecule has 32 heavy (non-hydrogen) atoms. The van der Waals surface area contributed by atoms with E-state index in [-0.39, 0.29) is 5.91 Å². The highest BCUT2D eigenvalue weighted by molar-refractivity contribution is 7.22. The molecule has 1 N–H and O–H groups in total. The summed E-state index contributed by atoms with van der Waals surface area (Å²) < 4.78 is 13.3. The zero-order valence-corrected chi connectivity index (χ0v) is 19.4. The molecule has 0 saturated carbocycles. The fourth-order valence-electron chi connectivity index (χ4n) is 4.50. The Morgan fingerprint density at radius 3 is 2.91 bits per heavy atom. The molecule has 0 aliphatic heterocycles. The van der Waals surface area contributed by atoms with Crippen molar-refractivity contribution in [2.75, 3.05) is 11.9 Å². The van der Waals surface area contributed by atoms with Gasteiger partial charge in [-0.1, -0.05) is 23.5 Å². The maximum atomic E-state index is 12.8. The number of aryl methyl sites for hydroxylation is 3. The smallest absolute Gasteiger partial charge is 0.250 e. The van der Waals surface area contributed by atoms with E-state index < -0.39 is 0 Å². The summed E-state index contributed by atoms with van der Waals surface area (Å²) in [5.74, 6) is 1.69. The molecule has 1 aliphatic carbocycles. The van der Waals surface area contributed by atoms with Crippen LogP contribution < -0.4 is 10.1 Å². The first-order valence-electron chi connectivity index (χ1n) is 11.1. The molecule has 2 aromatic heterocycles. The molecule has 0 unspecified atom stereocenters. The molecule has 0 radical (unpaired) electrons. The van der Waals surface area contributed by atoms with Gasteiger partial charge in [0, 0.05) is 34.6 Å². The Morgan fingerprint density at radius 2 is 2.09 bits per heavy atom. The summed E-state index contributed by atoms with van der Waals surface area (Å²) in [7, 11) is 0. The number of furan rings is 1. The third-order valence-corrected chi connectivity index (χ3v) is 6.96. The first kappa shape index (κ1) is 20.8. The van der Waals surface area contributed by atoms with Crippen molar-refractivity contribution in [2.45, 2.75) is 46.5 Å². The number of nitrogens with one attached hydrogen (secondary N) is 1. The van der Waals surface area contributed by atoms with Gasteiger partial charge in [-0.15, -0.1) is 0 Å². The number of aromatic nitrogens is 1. The molecule has 0 spiro atoms. The summed E-state index contributed by atoms with van der Waals surface area (Å²) in [6, 6.07) is 10.00. The lowest BCUT2D eigenvalue weighted by Crippen LogP contribution is -2.08. The van der Waals surface area contributed by atoms with Gasteiger partial charge >= 0.3 is 0 Å². The molecule has 1 aliphatic rings. The molecule has 0 fully saturated rings. The van der Waals surface area contributed by atoms with Crippen molar-refractivity contribution in [3.8, 4) is 5.75 Å². The van der Waals surface area contributed by atoms with E-state index in [1.807, 2.05) is 45.0 Å². The molecule has 2 aromatic carbocycles. The normalized spacial score (nSPS) is 14.0. The number of nitrogens with zero attached hydrogens (tertiary/aromatic N) is 1. The van der Waals surface area contributed by atoms with Crippen LogP contribution in [0.1, 0.15) is 49.1 Å². The van der Waals surface area contributed by atoms with E-state index in [4.69, 9.17) is 9.15 Å². The van der Waals surface area contributed by atoms with Crippen LogP contribution in [-0.2, 0) is 17.6 Å². The van der Waals surface area contributed by atoms with Crippen LogP contribution in [0.4, 0.5) is 5.13 Å². The zero-order valence-electron chi connectivity index (χ0n) is 18.6. The standard InChI is InChI=1S/C26H26N2O3S/c1-4-30-24-16(3)25-19(17-9-5-7-11-21(17)31-25)14-18(24)15(2)13-23(29)28-26-27-20-10-6-8-12-22(20)32-26/h6,8,10,12-14H,4-5,7,9,11H2,1-3H3,(H,27,28,29)/b15-13+. The minimum Gasteiger partial charge on any atom is -0.493 e. The largest absolute Gasteiger partial charge is 0.493 e. The average molecular weight is 447 g/mol. The predicted molar refractivity (Wildman–Crippen MR) is 131 cm³/mol. The van der Waals surface area contributed by atoms with Crippen LogP contribution in [0.5, 0.6) is 5.75 Å². The summed E-state index contributed by atoms with van der Waals surface area (Å²) >= 11 is 1.47. The quantitative estimate of drug-likeness (QED) is 0.348. The van der Waals surface area contributed by atoms with E-state index in [1.54, 1.807) is 6.08 Å². The SMILES string of the molecule is CCOc1c(/C(C)=C/C(=O)Nc2nc3ccccc3s2)cc2c3c(oc2c1C)CCCC3. The van der Waals surface area contributed by atoms with Gasteiger partial charge in [0.25, 0.3) is 0 Å². The molecule has 4 aromatic rings. The first-order chi connectivity index (χ1) is 15.5. The van der Waals surface area contributed by atoms with E-state index >= 15 is 0 Å². The molecule has 164 valence electrons. The number of allylic oxidation sites excluding steroid dienone is 1. The van der Waals surface area contributed by atoms with E-state index in [2.05, 4.69) is 16.4 Å². The van der Waals surface area contributed by atoms with Gasteiger partial charge < -0.3 is 9.15 Å². The van der Waals surface area contributed by atoms with Crippen molar-refractivity contribution in [1.82, 2.24) is 4.98 Å². The fraction of sp³-hybridized carbons (Fsp3) is 0.308. The van der Waals surface area contributed by atoms with Crippen molar-refractivity contribution >= 4 is 49.1 Å². The van der Waals surface area contributed by atoms with Gasteiger partial charge in [0.2, 0.25) is 5.91 Å². The van der Waals surface area contributed by atoms with E-state index in [0.29, 0.717) is 11.7 Å². The summed E-state index contributed by atoms with van der Waals surface area (Å²) in [6.45, 7) is 6.51. The highest BCUT2D eigenvalue weighted by atomic mass is 32.1. The number of rotatable bonds is 5. The molecule has 5 rings (SSSR count). The zero-order chi connectivity index (χ0) is 22.2. The van der Waals surface area contributed by atoms with Crippen LogP contribution in [0.15, 0.2) is 40.8 Å². The fourth-order valence-corrected chi connectivity index (χ4v) is 5.37. The predicted octanol–water partition coefficient (Wildman–Crippen LogP) is 6.67. The molecule has 0 bridgehead atoms. The molecule has 1 amide bonds. The highest BCUT2D eigenvalue weighted by Crippen LogP contribution is 2.41. The molecule has 0 saturated heterocycles. The Morgan fingerprint density at radius 1 is 1.28 bits per heavy atom. The summed E-state index contributed by atoms with van der Waals surface area (Å²) in [5, 5.41) is 4.66. The second-order valence-electron chi connectivity index (χ2n) is 8.20. The van der Waals surface area contributed by atoms with Crippen LogP contribution in [-0.4, -0.2) is 17.5 Å². The Kier molecular flexibility index (Phi) is 5.47. The lowest BCUT2D eigenvalue weighted by Gasteiger charge is -2.15. The second kappa shape index (κ2) is 8.43. The molecular weight excluding hydrogens is 420 g/mol. The lowest BCUT2D eigenvalue weighted by molar-refractivity contribution is -0.111. The number of anilines is 1. The number of para-hydroxylation sites is 1. The minimum atomic E-state index is -0.198. The monoisotopic (exact) mass is 446 g/mol. The van der Waals surface area contributed by atoms with Crippen molar-refractivity contribution in [3.63, 3.8) is 0 Å². The van der Waals surface area contributed by atoms with Gasteiger partial charge in [-0.3, -0.25) is 10.1 Å². The molecular formula is C26H26N2O3S. The number of hydrogen-bond acceptors (Lipinski definition) is 5. The summed E-state index contributed by atoms with van der Waals surface area (Å²) in [6.07, 6.45) is 6.00. The van der Waals surface area contributed by atoms with Crippen LogP contribution in [0.3, 0.4) is 0 Å². The number of ether oxygens (including phenoxy) is 1.